The average Bonchev–Trinajstić information content (AvgIpc) is 2.77. The summed E-state index contributed by atoms with van der Waals surface area (Å²) < 4.78 is 0. The molecule has 0 radical (unpaired) electrons. The van der Waals surface area contributed by atoms with Gasteiger partial charge in [0.05, 0.1) is 0 Å². The van der Waals surface area contributed by atoms with Gasteiger partial charge >= 0.3 is 0 Å². The number of benzene rings is 1. The van der Waals surface area contributed by atoms with Crippen LogP contribution in [0.2, 0.25) is 0 Å². The Balaban J connectivity index is 1.95. The van der Waals surface area contributed by atoms with Crippen molar-refractivity contribution in [1.82, 2.24) is 0 Å². The molecule has 0 aromatic heterocycles. The molecule has 0 saturated carbocycles. The second kappa shape index (κ2) is 5.89. The second-order valence-electron chi connectivity index (χ2n) is 4.99. The Morgan fingerprint density at radius 3 is 2.94 bits per heavy atom. The summed E-state index contributed by atoms with van der Waals surface area (Å²) in [5.74, 6) is 0.246. The number of hydrogen-bond donors (Lipinski definition) is 1. The summed E-state index contributed by atoms with van der Waals surface area (Å²) in [5, 5.41) is 0. The van der Waals surface area contributed by atoms with Gasteiger partial charge in [-0.1, -0.05) is 32.3 Å². The number of carbonyl (C=O) groups is 1. The molecule has 1 aliphatic heterocycles. The molecule has 1 amide bonds. The smallest absolute Gasteiger partial charge is 0.226 e. The minimum absolute atomic E-state index is 0.246. The van der Waals surface area contributed by atoms with Gasteiger partial charge < -0.3 is 10.6 Å². The van der Waals surface area contributed by atoms with Gasteiger partial charge in [0.25, 0.3) is 0 Å². The maximum Gasteiger partial charge on any atom is 0.226 e. The van der Waals surface area contributed by atoms with Gasteiger partial charge in [0.1, 0.15) is 0 Å². The van der Waals surface area contributed by atoms with E-state index in [4.69, 9.17) is 5.73 Å². The Kier molecular flexibility index (Phi) is 4.24. The topological polar surface area (TPSA) is 46.3 Å². The normalized spacial score (nSPS) is 13.7. The van der Waals surface area contributed by atoms with Crippen LogP contribution in [0.25, 0.3) is 0 Å². The molecule has 1 heterocycles. The molecule has 0 fully saturated rings. The summed E-state index contributed by atoms with van der Waals surface area (Å²) in [6, 6.07) is 5.87. The number of rotatable bonds is 5. The Morgan fingerprint density at radius 2 is 2.17 bits per heavy atom. The van der Waals surface area contributed by atoms with Crippen molar-refractivity contribution >= 4 is 17.3 Å². The largest absolute Gasteiger partial charge is 0.399 e. The summed E-state index contributed by atoms with van der Waals surface area (Å²) in [7, 11) is 0. The Hall–Kier alpha value is -1.51. The number of nitrogens with zero attached hydrogens (tertiary/aromatic N) is 1. The van der Waals surface area contributed by atoms with Crippen molar-refractivity contribution in [3.63, 3.8) is 0 Å². The third kappa shape index (κ3) is 2.84. The molecule has 0 saturated heterocycles. The van der Waals surface area contributed by atoms with E-state index in [2.05, 4.69) is 6.92 Å². The van der Waals surface area contributed by atoms with Crippen LogP contribution in [-0.2, 0) is 11.2 Å². The number of fused-ring (bicyclic) bond motifs is 1. The van der Waals surface area contributed by atoms with Gasteiger partial charge in [-0.3, -0.25) is 4.79 Å². The van der Waals surface area contributed by atoms with E-state index in [0.717, 1.165) is 37.2 Å². The van der Waals surface area contributed by atoms with Crippen LogP contribution in [0.3, 0.4) is 0 Å². The summed E-state index contributed by atoms with van der Waals surface area (Å²) >= 11 is 0. The van der Waals surface area contributed by atoms with E-state index < -0.39 is 0 Å². The van der Waals surface area contributed by atoms with E-state index in [-0.39, 0.29) is 5.91 Å². The lowest BCUT2D eigenvalue weighted by atomic mass is 10.1. The summed E-state index contributed by atoms with van der Waals surface area (Å²) in [4.78, 5) is 14.1. The molecule has 3 heteroatoms. The highest BCUT2D eigenvalue weighted by molar-refractivity contribution is 5.95. The summed E-state index contributed by atoms with van der Waals surface area (Å²) in [6.07, 6.45) is 6.19. The summed E-state index contributed by atoms with van der Waals surface area (Å²) in [5.41, 5.74) is 8.80. The molecule has 0 atom stereocenters. The van der Waals surface area contributed by atoms with Crippen molar-refractivity contribution in [2.24, 2.45) is 0 Å². The lowest BCUT2D eigenvalue weighted by molar-refractivity contribution is -0.118. The molecule has 2 rings (SSSR count). The minimum atomic E-state index is 0.246. The van der Waals surface area contributed by atoms with Crippen molar-refractivity contribution in [2.75, 3.05) is 17.2 Å². The number of anilines is 2. The predicted molar refractivity (Wildman–Crippen MR) is 75.7 cm³/mol. The fourth-order valence-electron chi connectivity index (χ4n) is 2.49. The van der Waals surface area contributed by atoms with Crippen LogP contribution < -0.4 is 10.6 Å². The quantitative estimate of drug-likeness (QED) is 0.641. The predicted octanol–water partition coefficient (Wildman–Crippen LogP) is 3.13. The number of nitrogens with two attached hydrogens (primary N) is 1. The summed E-state index contributed by atoms with van der Waals surface area (Å²) in [6.45, 7) is 2.99. The SMILES string of the molecule is CCCCCCC(=O)N1CCc2ccc(N)cc21. The first-order valence-corrected chi connectivity index (χ1v) is 6.91. The molecule has 2 N–H and O–H groups in total. The molecule has 3 nitrogen and oxygen atoms in total. The molecule has 1 aromatic carbocycles. The number of carbonyl (C=O) groups excluding carboxylic acids is 1. The molecule has 98 valence electrons. The first-order chi connectivity index (χ1) is 8.72. The van der Waals surface area contributed by atoms with Gasteiger partial charge in [0.15, 0.2) is 0 Å². The van der Waals surface area contributed by atoms with Gasteiger partial charge in [-0.15, -0.1) is 0 Å². The van der Waals surface area contributed by atoms with Gasteiger partial charge in [-0.25, -0.2) is 0 Å². The van der Waals surface area contributed by atoms with E-state index >= 15 is 0 Å². The van der Waals surface area contributed by atoms with Crippen LogP contribution in [0, 0.1) is 0 Å². The first kappa shape index (κ1) is 12.9. The average molecular weight is 246 g/mol. The van der Waals surface area contributed by atoms with Crippen LogP contribution in [0.4, 0.5) is 11.4 Å². The zero-order valence-corrected chi connectivity index (χ0v) is 11.1. The first-order valence-electron chi connectivity index (χ1n) is 6.91. The van der Waals surface area contributed by atoms with Crippen molar-refractivity contribution in [3.05, 3.63) is 23.8 Å². The van der Waals surface area contributed by atoms with Crippen LogP contribution >= 0.6 is 0 Å². The van der Waals surface area contributed by atoms with Crippen LogP contribution in [0.1, 0.15) is 44.6 Å². The molecule has 0 spiro atoms. The maximum atomic E-state index is 12.2. The minimum Gasteiger partial charge on any atom is -0.399 e. The van der Waals surface area contributed by atoms with Gasteiger partial charge in [0, 0.05) is 24.3 Å². The molecular formula is C15H22N2O. The number of hydrogen-bond acceptors (Lipinski definition) is 2. The van der Waals surface area contributed by atoms with Gasteiger partial charge in [0.2, 0.25) is 5.91 Å². The Bertz CT molecular complexity index is 429. The third-order valence-corrected chi connectivity index (χ3v) is 3.55. The molecule has 1 aromatic rings. The fraction of sp³-hybridized carbons (Fsp3) is 0.533. The van der Waals surface area contributed by atoms with E-state index in [1.54, 1.807) is 0 Å². The van der Waals surface area contributed by atoms with Crippen LogP contribution in [0.15, 0.2) is 18.2 Å². The number of amides is 1. The second-order valence-corrected chi connectivity index (χ2v) is 4.99. The van der Waals surface area contributed by atoms with E-state index in [0.29, 0.717) is 6.42 Å². The Morgan fingerprint density at radius 1 is 1.33 bits per heavy atom. The zero-order valence-electron chi connectivity index (χ0n) is 11.1. The standard InChI is InChI=1S/C15H22N2O/c1-2-3-4-5-6-15(18)17-10-9-12-7-8-13(16)11-14(12)17/h7-8,11H,2-6,9-10,16H2,1H3. The molecule has 18 heavy (non-hydrogen) atoms. The lowest BCUT2D eigenvalue weighted by Crippen LogP contribution is -2.28. The van der Waals surface area contributed by atoms with Gasteiger partial charge in [-0.2, -0.15) is 0 Å². The van der Waals surface area contributed by atoms with Crippen molar-refractivity contribution < 1.29 is 4.79 Å². The molecular weight excluding hydrogens is 224 g/mol. The van der Waals surface area contributed by atoms with E-state index in [9.17, 15) is 4.79 Å². The highest BCUT2D eigenvalue weighted by Gasteiger charge is 2.23. The molecule has 0 aliphatic carbocycles. The number of unbranched alkanes of at least 4 members (excludes halogenated alkanes) is 3. The van der Waals surface area contributed by atoms with Crippen molar-refractivity contribution in [3.8, 4) is 0 Å². The van der Waals surface area contributed by atoms with Crippen LogP contribution in [0.5, 0.6) is 0 Å². The maximum absolute atomic E-state index is 12.2. The highest BCUT2D eigenvalue weighted by atomic mass is 16.2. The Labute approximate surface area is 109 Å². The van der Waals surface area contributed by atoms with Gasteiger partial charge in [-0.05, 0) is 30.5 Å². The van der Waals surface area contributed by atoms with E-state index in [1.807, 2.05) is 23.1 Å². The van der Waals surface area contributed by atoms with Crippen molar-refractivity contribution in [2.45, 2.75) is 45.4 Å². The molecule has 0 unspecified atom stereocenters. The monoisotopic (exact) mass is 246 g/mol. The zero-order chi connectivity index (χ0) is 13.0. The third-order valence-electron chi connectivity index (χ3n) is 3.55. The molecule has 0 bridgehead atoms. The fourth-order valence-corrected chi connectivity index (χ4v) is 2.49. The highest BCUT2D eigenvalue weighted by Crippen LogP contribution is 2.30. The van der Waals surface area contributed by atoms with Crippen LogP contribution in [-0.4, -0.2) is 12.5 Å². The number of nitrogen functional groups attached to an aromatic ring is 1. The van der Waals surface area contributed by atoms with Crippen molar-refractivity contribution in [1.29, 1.82) is 0 Å². The lowest BCUT2D eigenvalue weighted by Gasteiger charge is -2.17. The molecule has 1 aliphatic rings. The van der Waals surface area contributed by atoms with E-state index in [1.165, 1.54) is 18.4 Å².